The van der Waals surface area contributed by atoms with Gasteiger partial charge in [0.05, 0.1) is 21.3 Å². The summed E-state index contributed by atoms with van der Waals surface area (Å²) >= 11 is 19.4. The van der Waals surface area contributed by atoms with Crippen molar-refractivity contribution in [1.29, 1.82) is 0 Å². The molecule has 0 aliphatic rings. The average molecular weight is 373 g/mol. The molecule has 0 fully saturated rings. The average Bonchev–Trinajstić information content (AvgIpc) is 2.53. The van der Waals surface area contributed by atoms with Crippen LogP contribution in [-0.2, 0) is 5.75 Å². The van der Waals surface area contributed by atoms with E-state index in [0.29, 0.717) is 25.8 Å². The highest BCUT2D eigenvalue weighted by atomic mass is 35.5. The summed E-state index contributed by atoms with van der Waals surface area (Å²) in [5.74, 6) is 0.727. The van der Waals surface area contributed by atoms with Gasteiger partial charge in [-0.15, -0.1) is 5.10 Å². The van der Waals surface area contributed by atoms with Gasteiger partial charge in [0.1, 0.15) is 0 Å². The molecule has 2 rings (SSSR count). The molecule has 0 bridgehead atoms. The van der Waals surface area contributed by atoms with E-state index in [4.69, 9.17) is 40.5 Å². The van der Waals surface area contributed by atoms with Gasteiger partial charge >= 0.3 is 0 Å². The summed E-state index contributed by atoms with van der Waals surface area (Å²) in [6, 6.07) is 13.2. The van der Waals surface area contributed by atoms with Crippen molar-refractivity contribution in [1.82, 2.24) is 0 Å². The first-order chi connectivity index (χ1) is 10.6. The molecule has 0 radical (unpaired) electrons. The van der Waals surface area contributed by atoms with Gasteiger partial charge in [0.25, 0.3) is 0 Å². The zero-order valence-corrected chi connectivity index (χ0v) is 14.4. The number of nitrogens with zero attached hydrogens (tertiary/aromatic N) is 2. The zero-order chi connectivity index (χ0) is 15.9. The van der Waals surface area contributed by atoms with E-state index in [1.165, 1.54) is 18.0 Å². The number of hydrogen-bond donors (Lipinski definition) is 1. The van der Waals surface area contributed by atoms with Crippen molar-refractivity contribution in [2.45, 2.75) is 5.75 Å². The molecular formula is C15H12Cl3N3S. The zero-order valence-electron chi connectivity index (χ0n) is 11.3. The fourth-order valence-corrected chi connectivity index (χ4v) is 2.81. The van der Waals surface area contributed by atoms with E-state index >= 15 is 0 Å². The van der Waals surface area contributed by atoms with Crippen molar-refractivity contribution in [2.75, 3.05) is 0 Å². The fraction of sp³-hybridized carbons (Fsp3) is 0.0667. The Kier molecular flexibility index (Phi) is 6.58. The molecular weight excluding hydrogens is 361 g/mol. The van der Waals surface area contributed by atoms with Gasteiger partial charge in [-0.25, -0.2) is 0 Å². The predicted molar refractivity (Wildman–Crippen MR) is 98.4 cm³/mol. The predicted octanol–water partition coefficient (Wildman–Crippen LogP) is 5.23. The Labute approximate surface area is 148 Å². The van der Waals surface area contributed by atoms with Crippen LogP contribution in [0.4, 0.5) is 0 Å². The summed E-state index contributed by atoms with van der Waals surface area (Å²) < 4.78 is 0. The van der Waals surface area contributed by atoms with Crippen LogP contribution in [0.3, 0.4) is 0 Å². The molecule has 0 saturated carbocycles. The molecule has 0 saturated heterocycles. The van der Waals surface area contributed by atoms with Crippen LogP contribution in [0.5, 0.6) is 0 Å². The van der Waals surface area contributed by atoms with Crippen molar-refractivity contribution in [3.63, 3.8) is 0 Å². The molecule has 3 nitrogen and oxygen atoms in total. The Morgan fingerprint density at radius 1 is 1.05 bits per heavy atom. The molecule has 22 heavy (non-hydrogen) atoms. The standard InChI is InChI=1S/C15H12Cl3N3S/c16-12-6-7-13(17)14(18)11(12)8-20-21-15(19)22-9-10-4-2-1-3-5-10/h1-8H,9H2,(H2,19,21). The van der Waals surface area contributed by atoms with Crippen molar-refractivity contribution in [3.8, 4) is 0 Å². The number of halogens is 3. The van der Waals surface area contributed by atoms with E-state index in [2.05, 4.69) is 10.2 Å². The van der Waals surface area contributed by atoms with Gasteiger partial charge in [-0.3, -0.25) is 0 Å². The summed E-state index contributed by atoms with van der Waals surface area (Å²) in [7, 11) is 0. The quantitative estimate of drug-likeness (QED) is 0.346. The summed E-state index contributed by atoms with van der Waals surface area (Å²) in [6.45, 7) is 0. The largest absolute Gasteiger partial charge is 0.377 e. The highest BCUT2D eigenvalue weighted by molar-refractivity contribution is 8.13. The Balaban J connectivity index is 2.00. The highest BCUT2D eigenvalue weighted by Crippen LogP contribution is 2.30. The summed E-state index contributed by atoms with van der Waals surface area (Å²) in [4.78, 5) is 0. The third-order valence-corrected chi connectivity index (χ3v) is 4.66. The van der Waals surface area contributed by atoms with Gasteiger partial charge in [0, 0.05) is 11.3 Å². The second-order valence-corrected chi connectivity index (χ2v) is 6.40. The number of thioether (sulfide) groups is 1. The van der Waals surface area contributed by atoms with Crippen LogP contribution in [0.1, 0.15) is 11.1 Å². The monoisotopic (exact) mass is 371 g/mol. The summed E-state index contributed by atoms with van der Waals surface area (Å²) in [6.07, 6.45) is 1.44. The molecule has 2 N–H and O–H groups in total. The first-order valence-electron chi connectivity index (χ1n) is 6.24. The normalized spacial score (nSPS) is 12.0. The van der Waals surface area contributed by atoms with Crippen LogP contribution in [0.2, 0.25) is 15.1 Å². The molecule has 0 heterocycles. The van der Waals surface area contributed by atoms with E-state index in [0.717, 1.165) is 11.3 Å². The van der Waals surface area contributed by atoms with Crippen molar-refractivity contribution in [3.05, 3.63) is 68.7 Å². The third kappa shape index (κ3) is 4.92. The second kappa shape index (κ2) is 8.44. The number of hydrogen-bond acceptors (Lipinski definition) is 3. The molecule has 0 aromatic heterocycles. The SMILES string of the molecule is NC(=NN=Cc1c(Cl)ccc(Cl)c1Cl)SCc1ccccc1. The fourth-order valence-electron chi connectivity index (χ4n) is 1.56. The maximum atomic E-state index is 6.06. The van der Waals surface area contributed by atoms with Gasteiger partial charge in [0.2, 0.25) is 0 Å². The lowest BCUT2D eigenvalue weighted by molar-refractivity contribution is 1.25. The first-order valence-corrected chi connectivity index (χ1v) is 8.36. The third-order valence-electron chi connectivity index (χ3n) is 2.65. The van der Waals surface area contributed by atoms with Crippen molar-refractivity contribution < 1.29 is 0 Å². The molecule has 114 valence electrons. The van der Waals surface area contributed by atoms with Crippen molar-refractivity contribution >= 4 is 57.9 Å². The van der Waals surface area contributed by atoms with Crippen LogP contribution >= 0.6 is 46.6 Å². The number of rotatable bonds is 4. The minimum Gasteiger partial charge on any atom is -0.377 e. The Bertz CT molecular complexity index is 703. The van der Waals surface area contributed by atoms with Gasteiger partial charge in [0.15, 0.2) is 5.17 Å². The molecule has 0 aliphatic carbocycles. The Morgan fingerprint density at radius 2 is 1.73 bits per heavy atom. The van der Waals surface area contributed by atoms with E-state index in [9.17, 15) is 0 Å². The van der Waals surface area contributed by atoms with Gasteiger partial charge in [-0.05, 0) is 17.7 Å². The lowest BCUT2D eigenvalue weighted by atomic mass is 10.2. The van der Waals surface area contributed by atoms with Crippen LogP contribution < -0.4 is 5.73 Å². The molecule has 0 unspecified atom stereocenters. The van der Waals surface area contributed by atoms with Gasteiger partial charge in [-0.1, -0.05) is 76.9 Å². The lowest BCUT2D eigenvalue weighted by Crippen LogP contribution is -2.06. The molecule has 2 aromatic rings. The van der Waals surface area contributed by atoms with Crippen LogP contribution in [-0.4, -0.2) is 11.4 Å². The van der Waals surface area contributed by atoms with E-state index in [1.807, 2.05) is 30.3 Å². The molecule has 7 heteroatoms. The van der Waals surface area contributed by atoms with Gasteiger partial charge < -0.3 is 5.73 Å². The highest BCUT2D eigenvalue weighted by Gasteiger charge is 2.07. The topological polar surface area (TPSA) is 50.7 Å². The Morgan fingerprint density at radius 3 is 2.45 bits per heavy atom. The van der Waals surface area contributed by atoms with Crippen LogP contribution in [0, 0.1) is 0 Å². The smallest absolute Gasteiger partial charge is 0.180 e. The maximum Gasteiger partial charge on any atom is 0.180 e. The Hall–Kier alpha value is -1.20. The molecule has 0 amide bonds. The number of nitrogens with two attached hydrogens (primary N) is 1. The molecule has 2 aromatic carbocycles. The van der Waals surface area contributed by atoms with Crippen molar-refractivity contribution in [2.24, 2.45) is 15.9 Å². The van der Waals surface area contributed by atoms with Crippen LogP contribution in [0.25, 0.3) is 0 Å². The maximum absolute atomic E-state index is 6.06. The van der Waals surface area contributed by atoms with E-state index in [-0.39, 0.29) is 0 Å². The van der Waals surface area contributed by atoms with E-state index in [1.54, 1.807) is 12.1 Å². The lowest BCUT2D eigenvalue weighted by Gasteiger charge is -2.02. The summed E-state index contributed by atoms with van der Waals surface area (Å²) in [5.41, 5.74) is 7.48. The first kappa shape index (κ1) is 17.2. The summed E-state index contributed by atoms with van der Waals surface area (Å²) in [5, 5.41) is 9.37. The molecule has 0 spiro atoms. The minimum atomic E-state index is 0.337. The van der Waals surface area contributed by atoms with Crippen LogP contribution in [0.15, 0.2) is 52.7 Å². The number of benzene rings is 2. The number of amidine groups is 1. The minimum absolute atomic E-state index is 0.337. The van der Waals surface area contributed by atoms with E-state index < -0.39 is 0 Å². The van der Waals surface area contributed by atoms with Gasteiger partial charge in [-0.2, -0.15) is 5.10 Å². The molecule has 0 aliphatic heterocycles. The molecule has 0 atom stereocenters. The second-order valence-electron chi connectivity index (χ2n) is 4.21.